The standard InChI is InChI=1S/C22H34FN6O9PS/c1-11(2)36-20(33)13(5)25-39(40,26-14(6)21(34)37-12(3)4)35-10-22(27-28-24)18(23)17(32)19(38-22)29-8-7-15(30)9-16(29)31/h7-8,11-14,17-19,32H,9-10H2,1-6H3,(H2,25,26,40)/t13-,14-,17+,18-,19+,22+/m0/s1. The molecule has 0 bridgehead atoms. The molecule has 0 aromatic heterocycles. The van der Waals surface area contributed by atoms with Crippen molar-refractivity contribution in [2.45, 2.75) is 96.5 Å². The van der Waals surface area contributed by atoms with Gasteiger partial charge in [-0.25, -0.2) is 14.6 Å². The van der Waals surface area contributed by atoms with Gasteiger partial charge in [0.05, 0.1) is 25.2 Å². The first-order valence-electron chi connectivity index (χ1n) is 12.3. The quantitative estimate of drug-likeness (QED) is 0.0680. The molecule has 1 amide bonds. The highest BCUT2D eigenvalue weighted by Crippen LogP contribution is 2.45. The van der Waals surface area contributed by atoms with Crippen LogP contribution in [0, 0.1) is 0 Å². The fourth-order valence-electron chi connectivity index (χ4n) is 3.63. The summed E-state index contributed by atoms with van der Waals surface area (Å²) >= 11 is 5.61. The number of allylic oxidation sites excluding steroid dienone is 1. The zero-order valence-corrected chi connectivity index (χ0v) is 24.6. The second kappa shape index (κ2) is 13.9. The number of carbonyl (C=O) groups is 4. The Bertz CT molecular complexity index is 1090. The van der Waals surface area contributed by atoms with Gasteiger partial charge in [0.1, 0.15) is 18.2 Å². The van der Waals surface area contributed by atoms with Gasteiger partial charge in [0, 0.05) is 11.1 Å². The molecule has 0 unspecified atom stereocenters. The van der Waals surface area contributed by atoms with Crippen LogP contribution in [0.3, 0.4) is 0 Å². The summed E-state index contributed by atoms with van der Waals surface area (Å²) < 4.78 is 37.2. The lowest BCUT2D eigenvalue weighted by Crippen LogP contribution is -2.46. The van der Waals surface area contributed by atoms with Crippen LogP contribution in [0.2, 0.25) is 0 Å². The number of alkyl halides is 1. The molecule has 224 valence electrons. The van der Waals surface area contributed by atoms with E-state index in [1.54, 1.807) is 27.7 Å². The lowest BCUT2D eigenvalue weighted by Gasteiger charge is -2.33. The predicted octanol–water partition coefficient (Wildman–Crippen LogP) is 1.46. The molecule has 18 heteroatoms. The number of nitrogens with one attached hydrogen (secondary N) is 2. The summed E-state index contributed by atoms with van der Waals surface area (Å²) in [6.07, 6.45) is -5.44. The van der Waals surface area contributed by atoms with Gasteiger partial charge in [-0.1, -0.05) is 5.11 Å². The third-order valence-corrected chi connectivity index (χ3v) is 8.36. The first-order valence-corrected chi connectivity index (χ1v) is 15.1. The SMILES string of the molecule is CC(C)OC(=O)[C@H](C)NP(=S)(N[C@@H](C)C(=O)OC(C)C)OC[C@@]1(N=[N+]=[N-])O[C@@H](N2C=CC(=O)CC2=O)[C@H](O)[C@@H]1F. The van der Waals surface area contributed by atoms with Crippen LogP contribution < -0.4 is 10.2 Å². The van der Waals surface area contributed by atoms with E-state index < -0.39 is 91.7 Å². The molecule has 0 radical (unpaired) electrons. The first kappa shape index (κ1) is 33.7. The number of rotatable bonds is 13. The average Bonchev–Trinajstić information content (AvgIpc) is 3.07. The van der Waals surface area contributed by atoms with Crippen LogP contribution in [0.25, 0.3) is 10.4 Å². The largest absolute Gasteiger partial charge is 0.462 e. The van der Waals surface area contributed by atoms with Crippen LogP contribution in [-0.2, 0) is 49.7 Å². The number of ether oxygens (including phenoxy) is 3. The van der Waals surface area contributed by atoms with E-state index in [1.807, 2.05) is 0 Å². The Morgan fingerprint density at radius 2 is 1.75 bits per heavy atom. The second-order valence-corrected chi connectivity index (χ2v) is 13.1. The fourth-order valence-corrected chi connectivity index (χ4v) is 6.55. The average molecular weight is 609 g/mol. The maximum atomic E-state index is 15.5. The van der Waals surface area contributed by atoms with Crippen molar-refractivity contribution in [2.24, 2.45) is 5.11 Å². The summed E-state index contributed by atoms with van der Waals surface area (Å²) in [5.74, 6) is -2.66. The minimum Gasteiger partial charge on any atom is -0.462 e. The van der Waals surface area contributed by atoms with Crippen molar-refractivity contribution < 1.29 is 47.4 Å². The van der Waals surface area contributed by atoms with Crippen molar-refractivity contribution in [1.29, 1.82) is 0 Å². The maximum Gasteiger partial charge on any atom is 0.323 e. The first-order chi connectivity index (χ1) is 18.5. The number of aliphatic hydroxyl groups excluding tert-OH is 1. The molecule has 40 heavy (non-hydrogen) atoms. The zero-order chi connectivity index (χ0) is 30.4. The summed E-state index contributed by atoms with van der Waals surface area (Å²) in [5, 5.41) is 19.5. The minimum atomic E-state index is -3.68. The number of nitrogens with zero attached hydrogens (tertiary/aromatic N) is 4. The highest BCUT2D eigenvalue weighted by atomic mass is 32.4. The summed E-state index contributed by atoms with van der Waals surface area (Å²) in [7, 11) is 0. The Labute approximate surface area is 235 Å². The normalized spacial score (nSPS) is 26.6. The van der Waals surface area contributed by atoms with Crippen LogP contribution in [0.15, 0.2) is 17.4 Å². The molecule has 3 N–H and O–H groups in total. The number of azide groups is 1. The number of ketones is 1. The molecule has 0 spiro atoms. The second-order valence-electron chi connectivity index (χ2n) is 9.69. The predicted molar refractivity (Wildman–Crippen MR) is 141 cm³/mol. The van der Waals surface area contributed by atoms with E-state index in [0.29, 0.717) is 0 Å². The highest BCUT2D eigenvalue weighted by molar-refractivity contribution is 8.10. The van der Waals surface area contributed by atoms with Crippen molar-refractivity contribution in [3.8, 4) is 0 Å². The molecule has 15 nitrogen and oxygen atoms in total. The van der Waals surface area contributed by atoms with E-state index in [2.05, 4.69) is 20.2 Å². The molecule has 2 heterocycles. The number of hydrogen-bond acceptors (Lipinski definition) is 11. The van der Waals surface area contributed by atoms with Crippen LogP contribution in [0.5, 0.6) is 0 Å². The van der Waals surface area contributed by atoms with Gasteiger partial charge >= 0.3 is 11.9 Å². The van der Waals surface area contributed by atoms with E-state index in [0.717, 1.165) is 17.2 Å². The Hall–Kier alpha value is -2.49. The fraction of sp³-hybridized carbons (Fsp3) is 0.727. The molecule has 0 aliphatic carbocycles. The lowest BCUT2D eigenvalue weighted by molar-refractivity contribution is -0.157. The van der Waals surface area contributed by atoms with Gasteiger partial charge in [-0.05, 0) is 65.0 Å². The Kier molecular flexibility index (Phi) is 11.7. The summed E-state index contributed by atoms with van der Waals surface area (Å²) in [4.78, 5) is 52.2. The Morgan fingerprint density at radius 1 is 1.23 bits per heavy atom. The van der Waals surface area contributed by atoms with Gasteiger partial charge in [0.15, 0.2) is 24.7 Å². The molecule has 6 atom stereocenters. The third kappa shape index (κ3) is 8.51. The monoisotopic (exact) mass is 608 g/mol. The van der Waals surface area contributed by atoms with Crippen molar-refractivity contribution in [1.82, 2.24) is 15.1 Å². The number of carbonyl (C=O) groups excluding carboxylic acids is 4. The summed E-state index contributed by atoms with van der Waals surface area (Å²) in [6, 6.07) is -2.13. The summed E-state index contributed by atoms with van der Waals surface area (Å²) in [5.41, 5.74) is 6.65. The van der Waals surface area contributed by atoms with Crippen LogP contribution in [-0.4, -0.2) is 88.8 Å². The molecule has 2 rings (SSSR count). The molecule has 0 aromatic carbocycles. The Morgan fingerprint density at radius 3 is 2.20 bits per heavy atom. The van der Waals surface area contributed by atoms with Crippen molar-refractivity contribution in [3.63, 3.8) is 0 Å². The van der Waals surface area contributed by atoms with E-state index in [9.17, 15) is 29.8 Å². The molecule has 0 saturated carbocycles. The Balaban J connectivity index is 2.35. The smallest absolute Gasteiger partial charge is 0.323 e. The number of halogens is 1. The number of aliphatic hydroxyl groups is 1. The van der Waals surface area contributed by atoms with Gasteiger partial charge in [-0.15, -0.1) is 0 Å². The van der Waals surface area contributed by atoms with Gasteiger partial charge in [-0.3, -0.25) is 24.1 Å². The van der Waals surface area contributed by atoms with Crippen molar-refractivity contribution in [2.75, 3.05) is 6.61 Å². The third-order valence-electron chi connectivity index (χ3n) is 5.46. The molecular formula is C22H34FN6O9PS. The van der Waals surface area contributed by atoms with Crippen molar-refractivity contribution in [3.05, 3.63) is 22.7 Å². The van der Waals surface area contributed by atoms with E-state index in [-0.39, 0.29) is 0 Å². The van der Waals surface area contributed by atoms with Crippen molar-refractivity contribution >= 4 is 42.0 Å². The number of esters is 2. The molecule has 2 aliphatic heterocycles. The van der Waals surface area contributed by atoms with Gasteiger partial charge < -0.3 is 23.8 Å². The number of hydrogen-bond donors (Lipinski definition) is 3. The lowest BCUT2D eigenvalue weighted by atomic mass is 10.1. The molecule has 0 aromatic rings. The molecular weight excluding hydrogens is 574 g/mol. The van der Waals surface area contributed by atoms with Crippen LogP contribution in [0.4, 0.5) is 4.39 Å². The van der Waals surface area contributed by atoms with Crippen LogP contribution in [0.1, 0.15) is 48.0 Å². The minimum absolute atomic E-state index is 0.448. The highest BCUT2D eigenvalue weighted by Gasteiger charge is 2.58. The van der Waals surface area contributed by atoms with E-state index >= 15 is 4.39 Å². The zero-order valence-electron chi connectivity index (χ0n) is 22.8. The van der Waals surface area contributed by atoms with E-state index in [4.69, 9.17) is 30.5 Å². The van der Waals surface area contributed by atoms with E-state index in [1.165, 1.54) is 13.8 Å². The molecule has 1 saturated heterocycles. The topological polar surface area (TPSA) is 201 Å². The van der Waals surface area contributed by atoms with Crippen LogP contribution >= 0.6 is 6.57 Å². The van der Waals surface area contributed by atoms with Gasteiger partial charge in [-0.2, -0.15) is 0 Å². The summed E-state index contributed by atoms with van der Waals surface area (Å²) in [6.45, 7) is 4.82. The van der Waals surface area contributed by atoms with Gasteiger partial charge in [0.25, 0.3) is 0 Å². The molecule has 1 fully saturated rings. The molecule has 2 aliphatic rings. The van der Waals surface area contributed by atoms with Gasteiger partial charge in [0.2, 0.25) is 11.6 Å². The maximum absolute atomic E-state index is 15.5. The number of amides is 1.